The van der Waals surface area contributed by atoms with Crippen LogP contribution in [-0.2, 0) is 4.84 Å². The van der Waals surface area contributed by atoms with E-state index in [2.05, 4.69) is 30.8 Å². The van der Waals surface area contributed by atoms with Crippen molar-refractivity contribution in [3.05, 3.63) is 0 Å². The molecule has 0 amide bonds. The smallest absolute Gasteiger partial charge is 0.129 e. The predicted octanol–water partition coefficient (Wildman–Crippen LogP) is 2.91. The van der Waals surface area contributed by atoms with E-state index in [1.807, 2.05) is 0 Å². The summed E-state index contributed by atoms with van der Waals surface area (Å²) in [5.74, 6) is 0.791. The summed E-state index contributed by atoms with van der Waals surface area (Å²) in [5.41, 5.74) is 1.26. The van der Waals surface area contributed by atoms with Crippen LogP contribution in [0.4, 0.5) is 0 Å². The van der Waals surface area contributed by atoms with Gasteiger partial charge in [0.1, 0.15) is 6.61 Å². The molecule has 94 valence electrons. The number of likely N-dealkylation sites (N-methyl/N-ethyl adjacent to an activating group) is 1. The third kappa shape index (κ3) is 4.97. The first-order chi connectivity index (χ1) is 7.76. The van der Waals surface area contributed by atoms with Gasteiger partial charge in [0.25, 0.3) is 0 Å². The number of oxime groups is 1. The van der Waals surface area contributed by atoms with E-state index in [0.717, 1.165) is 45.0 Å². The Kier molecular flexibility index (Phi) is 6.46. The van der Waals surface area contributed by atoms with E-state index in [4.69, 9.17) is 4.84 Å². The van der Waals surface area contributed by atoms with Crippen LogP contribution in [0.15, 0.2) is 5.16 Å². The fourth-order valence-corrected chi connectivity index (χ4v) is 2.19. The second-order valence-corrected chi connectivity index (χ2v) is 4.72. The SMILES string of the molecule is CCN(CC)CCO/N=C1/CCCC(C)C1. The molecule has 0 aromatic carbocycles. The minimum atomic E-state index is 0.722. The lowest BCUT2D eigenvalue weighted by Crippen LogP contribution is -2.26. The quantitative estimate of drug-likeness (QED) is 0.514. The van der Waals surface area contributed by atoms with E-state index in [1.165, 1.54) is 18.6 Å². The number of hydrogen-bond acceptors (Lipinski definition) is 3. The standard InChI is InChI=1S/C13H26N2O/c1-4-15(5-2)9-10-16-14-13-8-6-7-12(3)11-13/h12H,4-11H2,1-3H3/b14-13-. The van der Waals surface area contributed by atoms with E-state index in [9.17, 15) is 0 Å². The van der Waals surface area contributed by atoms with Crippen LogP contribution in [0.2, 0.25) is 0 Å². The van der Waals surface area contributed by atoms with Gasteiger partial charge >= 0.3 is 0 Å². The molecule has 0 aromatic heterocycles. The lowest BCUT2D eigenvalue weighted by molar-refractivity contribution is 0.112. The number of rotatable bonds is 6. The Balaban J connectivity index is 2.15. The molecule has 1 unspecified atom stereocenters. The molecular weight excluding hydrogens is 200 g/mol. The van der Waals surface area contributed by atoms with Gasteiger partial charge in [0.15, 0.2) is 0 Å². The van der Waals surface area contributed by atoms with Crippen molar-refractivity contribution in [2.75, 3.05) is 26.2 Å². The molecule has 1 atom stereocenters. The highest BCUT2D eigenvalue weighted by molar-refractivity contribution is 5.84. The Morgan fingerprint density at radius 3 is 2.75 bits per heavy atom. The molecule has 1 fully saturated rings. The molecule has 1 aliphatic rings. The van der Waals surface area contributed by atoms with Crippen molar-refractivity contribution < 1.29 is 4.84 Å². The van der Waals surface area contributed by atoms with Gasteiger partial charge in [0.2, 0.25) is 0 Å². The third-order valence-corrected chi connectivity index (χ3v) is 3.33. The third-order valence-electron chi connectivity index (χ3n) is 3.33. The Labute approximate surface area is 99.8 Å². The molecule has 16 heavy (non-hydrogen) atoms. The van der Waals surface area contributed by atoms with Gasteiger partial charge in [-0.2, -0.15) is 0 Å². The maximum atomic E-state index is 5.40. The van der Waals surface area contributed by atoms with Crippen molar-refractivity contribution >= 4 is 5.71 Å². The van der Waals surface area contributed by atoms with Crippen molar-refractivity contribution in [1.82, 2.24) is 4.90 Å². The fraction of sp³-hybridized carbons (Fsp3) is 0.923. The topological polar surface area (TPSA) is 24.8 Å². The minimum absolute atomic E-state index is 0.722. The molecule has 1 saturated carbocycles. The zero-order valence-corrected chi connectivity index (χ0v) is 11.0. The summed E-state index contributed by atoms with van der Waals surface area (Å²) in [7, 11) is 0. The van der Waals surface area contributed by atoms with Crippen LogP contribution < -0.4 is 0 Å². The molecule has 0 spiro atoms. The van der Waals surface area contributed by atoms with Crippen molar-refractivity contribution in [1.29, 1.82) is 0 Å². The molecule has 0 aromatic rings. The van der Waals surface area contributed by atoms with Gasteiger partial charge in [0.05, 0.1) is 5.71 Å². The molecule has 1 rings (SSSR count). The van der Waals surface area contributed by atoms with Crippen molar-refractivity contribution in [3.63, 3.8) is 0 Å². The normalized spacial score (nSPS) is 24.0. The van der Waals surface area contributed by atoms with Gasteiger partial charge in [-0.1, -0.05) is 25.9 Å². The molecule has 0 heterocycles. The van der Waals surface area contributed by atoms with Crippen LogP contribution in [0.3, 0.4) is 0 Å². The zero-order chi connectivity index (χ0) is 11.8. The number of hydrogen-bond donors (Lipinski definition) is 0. The lowest BCUT2D eigenvalue weighted by atomic mass is 9.89. The van der Waals surface area contributed by atoms with E-state index in [-0.39, 0.29) is 0 Å². The van der Waals surface area contributed by atoms with Gasteiger partial charge in [-0.15, -0.1) is 0 Å². The summed E-state index contributed by atoms with van der Waals surface area (Å²) in [6, 6.07) is 0. The van der Waals surface area contributed by atoms with Gasteiger partial charge < -0.3 is 9.74 Å². The van der Waals surface area contributed by atoms with Crippen LogP contribution >= 0.6 is 0 Å². The Morgan fingerprint density at radius 1 is 1.38 bits per heavy atom. The van der Waals surface area contributed by atoms with Crippen molar-refractivity contribution in [3.8, 4) is 0 Å². The van der Waals surface area contributed by atoms with Crippen LogP contribution in [0, 0.1) is 5.92 Å². The van der Waals surface area contributed by atoms with Crippen LogP contribution in [0.5, 0.6) is 0 Å². The first kappa shape index (κ1) is 13.5. The van der Waals surface area contributed by atoms with Crippen LogP contribution in [-0.4, -0.2) is 36.9 Å². The van der Waals surface area contributed by atoms with E-state index < -0.39 is 0 Å². The average Bonchev–Trinajstić information content (AvgIpc) is 2.29. The molecule has 1 aliphatic carbocycles. The highest BCUT2D eigenvalue weighted by Gasteiger charge is 2.14. The van der Waals surface area contributed by atoms with Crippen LogP contribution in [0.1, 0.15) is 46.5 Å². The summed E-state index contributed by atoms with van der Waals surface area (Å²) in [5, 5.41) is 4.26. The van der Waals surface area contributed by atoms with Gasteiger partial charge in [-0.05, 0) is 44.7 Å². The Bertz CT molecular complexity index is 212. The molecular formula is C13H26N2O. The fourth-order valence-electron chi connectivity index (χ4n) is 2.19. The van der Waals surface area contributed by atoms with E-state index in [0.29, 0.717) is 0 Å². The maximum Gasteiger partial charge on any atom is 0.129 e. The highest BCUT2D eigenvalue weighted by atomic mass is 16.6. The summed E-state index contributed by atoms with van der Waals surface area (Å²) in [6.07, 6.45) is 4.89. The van der Waals surface area contributed by atoms with Crippen molar-refractivity contribution in [2.45, 2.75) is 46.5 Å². The molecule has 0 radical (unpaired) electrons. The predicted molar refractivity (Wildman–Crippen MR) is 68.8 cm³/mol. The summed E-state index contributed by atoms with van der Waals surface area (Å²) in [6.45, 7) is 10.5. The summed E-state index contributed by atoms with van der Waals surface area (Å²) in [4.78, 5) is 7.75. The van der Waals surface area contributed by atoms with E-state index >= 15 is 0 Å². The van der Waals surface area contributed by atoms with Crippen molar-refractivity contribution in [2.24, 2.45) is 11.1 Å². The van der Waals surface area contributed by atoms with Gasteiger partial charge in [0, 0.05) is 6.54 Å². The molecule has 3 heteroatoms. The number of nitrogens with zero attached hydrogens (tertiary/aromatic N) is 2. The van der Waals surface area contributed by atoms with Gasteiger partial charge in [-0.25, -0.2) is 0 Å². The Hall–Kier alpha value is -0.570. The molecule has 0 N–H and O–H groups in total. The second-order valence-electron chi connectivity index (χ2n) is 4.72. The second kappa shape index (κ2) is 7.66. The molecule has 0 saturated heterocycles. The molecule has 3 nitrogen and oxygen atoms in total. The summed E-state index contributed by atoms with van der Waals surface area (Å²) < 4.78 is 0. The molecule has 0 bridgehead atoms. The van der Waals surface area contributed by atoms with Gasteiger partial charge in [-0.3, -0.25) is 0 Å². The highest BCUT2D eigenvalue weighted by Crippen LogP contribution is 2.21. The van der Waals surface area contributed by atoms with E-state index in [1.54, 1.807) is 0 Å². The monoisotopic (exact) mass is 226 g/mol. The first-order valence-corrected chi connectivity index (χ1v) is 6.66. The maximum absolute atomic E-state index is 5.40. The minimum Gasteiger partial charge on any atom is -0.394 e. The zero-order valence-electron chi connectivity index (χ0n) is 11.0. The van der Waals surface area contributed by atoms with Crippen LogP contribution in [0.25, 0.3) is 0 Å². The lowest BCUT2D eigenvalue weighted by Gasteiger charge is -2.19. The molecule has 0 aliphatic heterocycles. The average molecular weight is 226 g/mol. The first-order valence-electron chi connectivity index (χ1n) is 6.66. The summed E-state index contributed by atoms with van der Waals surface area (Å²) >= 11 is 0. The Morgan fingerprint density at radius 2 is 2.12 bits per heavy atom. The largest absolute Gasteiger partial charge is 0.394 e.